The second kappa shape index (κ2) is 5.22. The monoisotopic (exact) mass is 259 g/mol. The predicted octanol–water partition coefficient (Wildman–Crippen LogP) is 3.28. The number of thiophene rings is 1. The normalized spacial score (nSPS) is 15.6. The minimum absolute atomic E-state index is 0.380. The molecule has 0 aliphatic carbocycles. The molecule has 1 N–H and O–H groups in total. The Hall–Kier alpha value is -1.16. The predicted molar refractivity (Wildman–Crippen MR) is 74.8 cm³/mol. The minimum Gasteiger partial charge on any atom is -0.372 e. The highest BCUT2D eigenvalue weighted by atomic mass is 32.1. The van der Waals surface area contributed by atoms with E-state index in [0.717, 1.165) is 19.6 Å². The molecule has 2 heterocycles. The van der Waals surface area contributed by atoms with Gasteiger partial charge < -0.3 is 10.1 Å². The number of fused-ring (bicyclic) bond motifs is 1. The van der Waals surface area contributed by atoms with Gasteiger partial charge in [0.15, 0.2) is 0 Å². The molecule has 1 atom stereocenters. The summed E-state index contributed by atoms with van der Waals surface area (Å²) in [6.45, 7) is 1.53. The number of benzene rings is 1. The van der Waals surface area contributed by atoms with Crippen LogP contribution in [0.25, 0.3) is 0 Å². The van der Waals surface area contributed by atoms with Gasteiger partial charge in [-0.25, -0.2) is 0 Å². The second-order valence-electron chi connectivity index (χ2n) is 4.70. The van der Waals surface area contributed by atoms with E-state index in [-0.39, 0.29) is 0 Å². The van der Waals surface area contributed by atoms with Crippen molar-refractivity contribution < 1.29 is 4.74 Å². The fourth-order valence-corrected chi connectivity index (χ4v) is 3.12. The van der Waals surface area contributed by atoms with E-state index >= 15 is 0 Å². The summed E-state index contributed by atoms with van der Waals surface area (Å²) in [5.74, 6) is 0. The molecule has 18 heavy (non-hydrogen) atoms. The smallest absolute Gasteiger partial charge is 0.0725 e. The lowest BCUT2D eigenvalue weighted by Gasteiger charge is -2.17. The summed E-state index contributed by atoms with van der Waals surface area (Å²) in [6.07, 6.45) is 1.04. The van der Waals surface area contributed by atoms with Crippen molar-refractivity contribution in [2.75, 3.05) is 7.05 Å². The van der Waals surface area contributed by atoms with Crippen LogP contribution < -0.4 is 5.32 Å². The Labute approximate surface area is 112 Å². The van der Waals surface area contributed by atoms with E-state index < -0.39 is 0 Å². The van der Waals surface area contributed by atoms with Crippen LogP contribution in [0.5, 0.6) is 0 Å². The molecule has 0 saturated heterocycles. The van der Waals surface area contributed by atoms with E-state index in [1.165, 1.54) is 22.3 Å². The highest BCUT2D eigenvalue weighted by Crippen LogP contribution is 2.26. The Balaban J connectivity index is 1.83. The van der Waals surface area contributed by atoms with Gasteiger partial charge >= 0.3 is 0 Å². The summed E-state index contributed by atoms with van der Waals surface area (Å²) in [5.41, 5.74) is 5.44. The molecule has 2 nitrogen and oxygen atoms in total. The van der Waals surface area contributed by atoms with Crippen molar-refractivity contribution in [1.29, 1.82) is 0 Å². The molecular weight excluding hydrogens is 242 g/mol. The third-order valence-electron chi connectivity index (χ3n) is 3.52. The van der Waals surface area contributed by atoms with Gasteiger partial charge in [-0.15, -0.1) is 0 Å². The summed E-state index contributed by atoms with van der Waals surface area (Å²) in [7, 11) is 2.03. The molecule has 0 amide bonds. The van der Waals surface area contributed by atoms with E-state index in [4.69, 9.17) is 4.74 Å². The van der Waals surface area contributed by atoms with Gasteiger partial charge in [-0.3, -0.25) is 0 Å². The number of likely N-dealkylation sites (N-methyl/N-ethyl adjacent to an activating group) is 1. The van der Waals surface area contributed by atoms with Crippen molar-refractivity contribution >= 4 is 11.3 Å². The van der Waals surface area contributed by atoms with Crippen molar-refractivity contribution in [1.82, 2.24) is 5.32 Å². The highest BCUT2D eigenvalue weighted by molar-refractivity contribution is 7.07. The van der Waals surface area contributed by atoms with E-state index in [1.807, 2.05) is 7.05 Å². The van der Waals surface area contributed by atoms with Crippen LogP contribution in [0.15, 0.2) is 35.0 Å². The number of rotatable bonds is 4. The van der Waals surface area contributed by atoms with Crippen molar-refractivity contribution in [2.45, 2.75) is 25.7 Å². The SMILES string of the molecule is CNC(Cc1ccsc1)c1ccc2c(c1)COC2. The molecule has 0 radical (unpaired) electrons. The van der Waals surface area contributed by atoms with Gasteiger partial charge in [-0.05, 0) is 52.5 Å². The number of ether oxygens (including phenoxy) is 1. The maximum atomic E-state index is 5.47. The average molecular weight is 259 g/mol. The van der Waals surface area contributed by atoms with Gasteiger partial charge in [-0.2, -0.15) is 11.3 Å². The maximum absolute atomic E-state index is 5.47. The molecule has 0 spiro atoms. The molecule has 0 bridgehead atoms. The standard InChI is InChI=1S/C15H17NOS/c1-16-15(6-11-4-5-18-10-11)12-2-3-13-8-17-9-14(13)7-12/h2-5,7,10,15-16H,6,8-9H2,1H3. The molecule has 0 fully saturated rings. The van der Waals surface area contributed by atoms with Crippen LogP contribution in [0, 0.1) is 0 Å². The fourth-order valence-electron chi connectivity index (χ4n) is 2.44. The lowest BCUT2D eigenvalue weighted by molar-refractivity contribution is 0.134. The van der Waals surface area contributed by atoms with E-state index in [1.54, 1.807) is 11.3 Å². The van der Waals surface area contributed by atoms with Crippen molar-refractivity contribution in [3.8, 4) is 0 Å². The second-order valence-corrected chi connectivity index (χ2v) is 5.48. The minimum atomic E-state index is 0.380. The Kier molecular flexibility index (Phi) is 3.46. The fraction of sp³-hybridized carbons (Fsp3) is 0.333. The van der Waals surface area contributed by atoms with E-state index in [2.05, 4.69) is 40.3 Å². The lowest BCUT2D eigenvalue weighted by Crippen LogP contribution is -2.18. The summed E-state index contributed by atoms with van der Waals surface area (Å²) in [5, 5.41) is 7.77. The van der Waals surface area contributed by atoms with E-state index in [9.17, 15) is 0 Å². The third-order valence-corrected chi connectivity index (χ3v) is 4.25. The molecule has 94 valence electrons. The topological polar surface area (TPSA) is 21.3 Å². The van der Waals surface area contributed by atoms with Gasteiger partial charge in [0, 0.05) is 6.04 Å². The van der Waals surface area contributed by atoms with Gasteiger partial charge in [-0.1, -0.05) is 18.2 Å². The number of hydrogen-bond donors (Lipinski definition) is 1. The zero-order valence-electron chi connectivity index (χ0n) is 10.5. The molecule has 1 aromatic carbocycles. The molecule has 1 aromatic heterocycles. The lowest BCUT2D eigenvalue weighted by atomic mass is 9.97. The third kappa shape index (κ3) is 2.34. The van der Waals surface area contributed by atoms with Crippen molar-refractivity contribution in [3.05, 3.63) is 57.3 Å². The molecule has 1 aliphatic rings. The Morgan fingerprint density at radius 2 is 2.17 bits per heavy atom. The van der Waals surface area contributed by atoms with Gasteiger partial charge in [0.2, 0.25) is 0 Å². The van der Waals surface area contributed by atoms with Crippen molar-refractivity contribution in [3.63, 3.8) is 0 Å². The first-order valence-corrected chi connectivity index (χ1v) is 7.19. The van der Waals surface area contributed by atoms with Crippen molar-refractivity contribution in [2.24, 2.45) is 0 Å². The Bertz CT molecular complexity index is 521. The first-order valence-electron chi connectivity index (χ1n) is 6.24. The van der Waals surface area contributed by atoms with Gasteiger partial charge in [0.1, 0.15) is 0 Å². The number of nitrogens with one attached hydrogen (secondary N) is 1. The van der Waals surface area contributed by atoms with Crippen LogP contribution in [0.3, 0.4) is 0 Å². The molecule has 3 heteroatoms. The van der Waals surface area contributed by atoms with Crippen LogP contribution in [-0.2, 0) is 24.4 Å². The first kappa shape index (κ1) is 11.9. The summed E-state index contributed by atoms with van der Waals surface area (Å²) in [6, 6.07) is 9.29. The quantitative estimate of drug-likeness (QED) is 0.910. The molecule has 0 saturated carbocycles. The molecule has 3 rings (SSSR count). The average Bonchev–Trinajstić information content (AvgIpc) is 3.06. The van der Waals surface area contributed by atoms with Gasteiger partial charge in [0.05, 0.1) is 13.2 Å². The van der Waals surface area contributed by atoms with E-state index in [0.29, 0.717) is 6.04 Å². The maximum Gasteiger partial charge on any atom is 0.0725 e. The van der Waals surface area contributed by atoms with Crippen LogP contribution in [-0.4, -0.2) is 7.05 Å². The Morgan fingerprint density at radius 3 is 2.94 bits per heavy atom. The first-order chi connectivity index (χ1) is 8.86. The molecule has 1 unspecified atom stereocenters. The zero-order chi connectivity index (χ0) is 12.4. The molecular formula is C15H17NOS. The zero-order valence-corrected chi connectivity index (χ0v) is 11.3. The summed E-state index contributed by atoms with van der Waals surface area (Å²) >= 11 is 1.76. The van der Waals surface area contributed by atoms with Crippen LogP contribution in [0.4, 0.5) is 0 Å². The number of hydrogen-bond acceptors (Lipinski definition) is 3. The Morgan fingerprint density at radius 1 is 1.28 bits per heavy atom. The van der Waals surface area contributed by atoms with Crippen LogP contribution in [0.2, 0.25) is 0 Å². The molecule has 2 aromatic rings. The molecule has 1 aliphatic heterocycles. The largest absolute Gasteiger partial charge is 0.372 e. The highest BCUT2D eigenvalue weighted by Gasteiger charge is 2.15. The summed E-state index contributed by atoms with van der Waals surface area (Å²) < 4.78 is 5.47. The summed E-state index contributed by atoms with van der Waals surface area (Å²) in [4.78, 5) is 0. The van der Waals surface area contributed by atoms with Crippen LogP contribution >= 0.6 is 11.3 Å². The van der Waals surface area contributed by atoms with Crippen LogP contribution in [0.1, 0.15) is 28.3 Å². The van der Waals surface area contributed by atoms with Gasteiger partial charge in [0.25, 0.3) is 0 Å².